The number of hydrogen-bond donors (Lipinski definition) is 4. The van der Waals surface area contributed by atoms with Gasteiger partial charge in [-0.2, -0.15) is 0 Å². The maximum atomic E-state index is 11.7. The number of nitrogens with two attached hydrogens (primary N) is 1. The van der Waals surface area contributed by atoms with E-state index in [0.29, 0.717) is 23.7 Å². The highest BCUT2D eigenvalue weighted by Crippen LogP contribution is 2.27. The Kier molecular flexibility index (Phi) is 4.84. The van der Waals surface area contributed by atoms with Crippen molar-refractivity contribution in [3.63, 3.8) is 0 Å². The van der Waals surface area contributed by atoms with Crippen LogP contribution in [0.2, 0.25) is 0 Å². The quantitative estimate of drug-likeness (QED) is 0.616. The highest BCUT2D eigenvalue weighted by atomic mass is 16.3. The van der Waals surface area contributed by atoms with E-state index in [0.717, 1.165) is 31.5 Å². The molecule has 1 aromatic carbocycles. The lowest BCUT2D eigenvalue weighted by Gasteiger charge is -2.14. The first-order valence-electron chi connectivity index (χ1n) is 7.19. The molecule has 0 bridgehead atoms. The van der Waals surface area contributed by atoms with Gasteiger partial charge in [0.1, 0.15) is 0 Å². The van der Waals surface area contributed by atoms with Crippen LogP contribution in [0.25, 0.3) is 0 Å². The summed E-state index contributed by atoms with van der Waals surface area (Å²) >= 11 is 0. The number of rotatable bonds is 5. The Hall–Kier alpha value is -1.75. The fourth-order valence-electron chi connectivity index (χ4n) is 2.62. The van der Waals surface area contributed by atoms with E-state index in [1.54, 1.807) is 12.1 Å². The normalized spacial score (nSPS) is 21.7. The molecule has 1 aliphatic rings. The maximum Gasteiger partial charge on any atom is 0.251 e. The lowest BCUT2D eigenvalue weighted by Crippen LogP contribution is -2.22. The van der Waals surface area contributed by atoms with E-state index >= 15 is 0 Å². The molecule has 1 saturated carbocycles. The van der Waals surface area contributed by atoms with Crippen LogP contribution in [0, 0.1) is 5.92 Å². The average molecular weight is 277 g/mol. The van der Waals surface area contributed by atoms with Gasteiger partial charge in [-0.15, -0.1) is 0 Å². The molecule has 2 unspecified atom stereocenters. The minimum Gasteiger partial charge on any atom is -0.397 e. The minimum atomic E-state index is -0.153. The number of nitrogens with one attached hydrogen (secondary N) is 2. The maximum absolute atomic E-state index is 11.7. The summed E-state index contributed by atoms with van der Waals surface area (Å²) in [5, 5.41) is 15.6. The second kappa shape index (κ2) is 6.61. The Morgan fingerprint density at radius 1 is 1.45 bits per heavy atom. The number of carbonyl (C=O) groups excluding carboxylic acids is 1. The Balaban J connectivity index is 1.94. The van der Waals surface area contributed by atoms with Crippen LogP contribution in [-0.4, -0.2) is 30.2 Å². The Morgan fingerprint density at radius 2 is 2.25 bits per heavy atom. The van der Waals surface area contributed by atoms with Gasteiger partial charge in [-0.05, 0) is 50.3 Å². The van der Waals surface area contributed by atoms with Crippen molar-refractivity contribution in [1.82, 2.24) is 5.32 Å². The van der Waals surface area contributed by atoms with E-state index in [2.05, 4.69) is 10.6 Å². The monoisotopic (exact) mass is 277 g/mol. The highest BCUT2D eigenvalue weighted by molar-refractivity contribution is 5.96. The van der Waals surface area contributed by atoms with Crippen LogP contribution in [0.15, 0.2) is 18.2 Å². The summed E-state index contributed by atoms with van der Waals surface area (Å²) in [4.78, 5) is 11.7. The van der Waals surface area contributed by atoms with Gasteiger partial charge in [-0.3, -0.25) is 4.79 Å². The number of amides is 1. The lowest BCUT2D eigenvalue weighted by molar-refractivity contribution is 0.0956. The Morgan fingerprint density at radius 3 is 2.85 bits per heavy atom. The van der Waals surface area contributed by atoms with Crippen LogP contribution in [-0.2, 0) is 0 Å². The number of anilines is 2. The van der Waals surface area contributed by atoms with Crippen LogP contribution >= 0.6 is 0 Å². The van der Waals surface area contributed by atoms with Gasteiger partial charge in [-0.25, -0.2) is 0 Å². The van der Waals surface area contributed by atoms with Gasteiger partial charge in [-0.1, -0.05) is 0 Å². The molecule has 5 heteroatoms. The van der Waals surface area contributed by atoms with Crippen LogP contribution in [0.5, 0.6) is 0 Å². The highest BCUT2D eigenvalue weighted by Gasteiger charge is 2.22. The summed E-state index contributed by atoms with van der Waals surface area (Å²) < 4.78 is 0. The Bertz CT molecular complexity index is 476. The van der Waals surface area contributed by atoms with Crippen LogP contribution in [0.4, 0.5) is 11.4 Å². The second-order valence-corrected chi connectivity index (χ2v) is 5.38. The molecule has 1 aliphatic carbocycles. The smallest absolute Gasteiger partial charge is 0.251 e. The van der Waals surface area contributed by atoms with Crippen molar-refractivity contribution in [3.8, 4) is 0 Å². The van der Waals surface area contributed by atoms with E-state index in [4.69, 9.17) is 5.73 Å². The molecule has 1 fully saturated rings. The molecule has 0 heterocycles. The van der Waals surface area contributed by atoms with Crippen molar-refractivity contribution in [1.29, 1.82) is 0 Å². The summed E-state index contributed by atoms with van der Waals surface area (Å²) in [6.07, 6.45) is 2.63. The number of hydrogen-bond acceptors (Lipinski definition) is 4. The summed E-state index contributed by atoms with van der Waals surface area (Å²) in [6.45, 7) is 3.29. The minimum absolute atomic E-state index is 0.107. The number of benzene rings is 1. The van der Waals surface area contributed by atoms with Crippen LogP contribution in [0.1, 0.15) is 36.5 Å². The molecule has 2 atom stereocenters. The van der Waals surface area contributed by atoms with Crippen LogP contribution < -0.4 is 16.4 Å². The SMILES string of the molecule is CCNC(=O)c1ccc(NCC2CCC(O)C2)c(N)c1. The van der Waals surface area contributed by atoms with E-state index in [1.807, 2.05) is 13.0 Å². The first-order chi connectivity index (χ1) is 9.60. The predicted molar refractivity (Wildman–Crippen MR) is 80.7 cm³/mol. The standard InChI is InChI=1S/C15H23N3O2/c1-2-17-15(20)11-4-6-14(13(16)8-11)18-9-10-3-5-12(19)7-10/h4,6,8,10,12,18-19H,2-3,5,7,9,16H2,1H3,(H,17,20). The summed E-state index contributed by atoms with van der Waals surface area (Å²) in [5.74, 6) is 0.386. The predicted octanol–water partition coefficient (Wildman–Crippen LogP) is 1.59. The Labute approximate surface area is 119 Å². The molecule has 20 heavy (non-hydrogen) atoms. The molecular formula is C15H23N3O2. The first kappa shape index (κ1) is 14.7. The third-order valence-corrected chi connectivity index (χ3v) is 3.75. The zero-order valence-corrected chi connectivity index (χ0v) is 11.9. The van der Waals surface area contributed by atoms with Crippen molar-refractivity contribution in [2.45, 2.75) is 32.3 Å². The molecule has 5 N–H and O–H groups in total. The summed E-state index contributed by atoms with van der Waals surface area (Å²) in [7, 11) is 0. The molecule has 1 amide bonds. The van der Waals surface area contributed by atoms with Gasteiger partial charge in [0.2, 0.25) is 0 Å². The van der Waals surface area contributed by atoms with Crippen molar-refractivity contribution in [2.24, 2.45) is 5.92 Å². The van der Waals surface area contributed by atoms with E-state index < -0.39 is 0 Å². The third kappa shape index (κ3) is 3.63. The molecule has 0 radical (unpaired) electrons. The molecule has 5 nitrogen and oxygen atoms in total. The first-order valence-corrected chi connectivity index (χ1v) is 7.19. The van der Waals surface area contributed by atoms with Gasteiger partial charge < -0.3 is 21.5 Å². The van der Waals surface area contributed by atoms with E-state index in [1.165, 1.54) is 0 Å². The second-order valence-electron chi connectivity index (χ2n) is 5.38. The molecule has 1 aromatic rings. The van der Waals surface area contributed by atoms with Crippen molar-refractivity contribution in [3.05, 3.63) is 23.8 Å². The fraction of sp³-hybridized carbons (Fsp3) is 0.533. The lowest BCUT2D eigenvalue weighted by atomic mass is 10.1. The fourth-order valence-corrected chi connectivity index (χ4v) is 2.62. The average Bonchev–Trinajstić information content (AvgIpc) is 2.83. The molecule has 110 valence electrons. The third-order valence-electron chi connectivity index (χ3n) is 3.75. The van der Waals surface area contributed by atoms with E-state index in [9.17, 15) is 9.90 Å². The van der Waals surface area contributed by atoms with Gasteiger partial charge in [0, 0.05) is 18.7 Å². The van der Waals surface area contributed by atoms with E-state index in [-0.39, 0.29) is 12.0 Å². The zero-order valence-electron chi connectivity index (χ0n) is 11.9. The number of nitrogen functional groups attached to an aromatic ring is 1. The number of carbonyl (C=O) groups is 1. The molecule has 0 saturated heterocycles. The summed E-state index contributed by atoms with van der Waals surface area (Å²) in [6, 6.07) is 5.30. The molecule has 2 rings (SSSR count). The van der Waals surface area contributed by atoms with Gasteiger partial charge in [0.05, 0.1) is 17.5 Å². The molecule has 0 aliphatic heterocycles. The van der Waals surface area contributed by atoms with Gasteiger partial charge >= 0.3 is 0 Å². The molecule has 0 spiro atoms. The molecule has 0 aromatic heterocycles. The molecular weight excluding hydrogens is 254 g/mol. The van der Waals surface area contributed by atoms with Crippen molar-refractivity contribution in [2.75, 3.05) is 24.1 Å². The van der Waals surface area contributed by atoms with Crippen molar-refractivity contribution < 1.29 is 9.90 Å². The van der Waals surface area contributed by atoms with Crippen molar-refractivity contribution >= 4 is 17.3 Å². The topological polar surface area (TPSA) is 87.4 Å². The van der Waals surface area contributed by atoms with Crippen LogP contribution in [0.3, 0.4) is 0 Å². The number of aliphatic hydroxyl groups excluding tert-OH is 1. The summed E-state index contributed by atoms with van der Waals surface area (Å²) in [5.41, 5.74) is 7.97. The van der Waals surface area contributed by atoms with Gasteiger partial charge in [0.15, 0.2) is 0 Å². The zero-order chi connectivity index (χ0) is 14.5. The van der Waals surface area contributed by atoms with Gasteiger partial charge in [0.25, 0.3) is 5.91 Å². The largest absolute Gasteiger partial charge is 0.397 e. The number of aliphatic hydroxyl groups is 1.